The first-order valence-electron chi connectivity index (χ1n) is 8.94. The van der Waals surface area contributed by atoms with Crippen molar-refractivity contribution in [2.24, 2.45) is 5.73 Å². The van der Waals surface area contributed by atoms with Crippen molar-refractivity contribution in [3.05, 3.63) is 29.3 Å². The van der Waals surface area contributed by atoms with E-state index in [9.17, 15) is 4.79 Å². The van der Waals surface area contributed by atoms with Crippen molar-refractivity contribution in [1.29, 1.82) is 0 Å². The van der Waals surface area contributed by atoms with Crippen molar-refractivity contribution in [3.63, 3.8) is 0 Å². The van der Waals surface area contributed by atoms with Gasteiger partial charge in [-0.2, -0.15) is 0 Å². The van der Waals surface area contributed by atoms with Gasteiger partial charge in [-0.15, -0.1) is 0 Å². The van der Waals surface area contributed by atoms with Gasteiger partial charge in [0.15, 0.2) is 0 Å². The van der Waals surface area contributed by atoms with Crippen LogP contribution in [0.5, 0.6) is 0 Å². The largest absolute Gasteiger partial charge is 0.444 e. The highest BCUT2D eigenvalue weighted by molar-refractivity contribution is 5.68. The first-order chi connectivity index (χ1) is 11.4. The number of amides is 1. The van der Waals surface area contributed by atoms with Crippen LogP contribution in [0.4, 0.5) is 10.5 Å². The van der Waals surface area contributed by atoms with Gasteiger partial charge >= 0.3 is 6.09 Å². The highest BCUT2D eigenvalue weighted by atomic mass is 16.6. The molecule has 2 heterocycles. The smallest absolute Gasteiger partial charge is 0.410 e. The summed E-state index contributed by atoms with van der Waals surface area (Å²) < 4.78 is 5.48. The lowest BCUT2D eigenvalue weighted by atomic mass is 10.0. The van der Waals surface area contributed by atoms with E-state index in [1.807, 2.05) is 25.7 Å². The third kappa shape index (κ3) is 3.66. The Kier molecular flexibility index (Phi) is 4.72. The molecule has 5 heteroatoms. The Morgan fingerprint density at radius 3 is 2.58 bits per heavy atom. The maximum atomic E-state index is 12.2. The van der Waals surface area contributed by atoms with Crippen molar-refractivity contribution in [3.8, 4) is 0 Å². The molecule has 1 fully saturated rings. The van der Waals surface area contributed by atoms with E-state index in [0.29, 0.717) is 12.6 Å². The van der Waals surface area contributed by atoms with Gasteiger partial charge in [-0.3, -0.25) is 0 Å². The third-order valence-electron chi connectivity index (χ3n) is 4.87. The van der Waals surface area contributed by atoms with Crippen molar-refractivity contribution in [1.82, 2.24) is 4.90 Å². The van der Waals surface area contributed by atoms with Gasteiger partial charge in [0.2, 0.25) is 0 Å². The molecule has 0 radical (unpaired) electrons. The molecule has 1 saturated heterocycles. The molecular weight excluding hydrogens is 302 g/mol. The number of hydrogen-bond donors (Lipinski definition) is 1. The molecular formula is C19H29N3O2. The van der Waals surface area contributed by atoms with Crippen LogP contribution in [-0.2, 0) is 17.7 Å². The number of hydrogen-bond acceptors (Lipinski definition) is 4. The molecule has 0 unspecified atom stereocenters. The Hall–Kier alpha value is -1.75. The van der Waals surface area contributed by atoms with Gasteiger partial charge in [-0.25, -0.2) is 4.79 Å². The zero-order chi connectivity index (χ0) is 17.3. The lowest BCUT2D eigenvalue weighted by Crippen LogP contribution is -2.47. The molecule has 1 amide bonds. The molecule has 1 aromatic carbocycles. The number of ether oxygens (including phenoxy) is 1. The average molecular weight is 331 g/mol. The van der Waals surface area contributed by atoms with E-state index in [4.69, 9.17) is 10.5 Å². The zero-order valence-electron chi connectivity index (χ0n) is 15.0. The van der Waals surface area contributed by atoms with Gasteiger partial charge in [0, 0.05) is 37.9 Å². The van der Waals surface area contributed by atoms with Gasteiger partial charge in [0.05, 0.1) is 0 Å². The van der Waals surface area contributed by atoms with Crippen LogP contribution in [0.3, 0.4) is 0 Å². The Morgan fingerprint density at radius 1 is 1.25 bits per heavy atom. The topological polar surface area (TPSA) is 58.8 Å². The molecule has 24 heavy (non-hydrogen) atoms. The molecule has 3 rings (SSSR count). The second-order valence-corrected chi connectivity index (χ2v) is 7.81. The summed E-state index contributed by atoms with van der Waals surface area (Å²) in [7, 11) is 0. The lowest BCUT2D eigenvalue weighted by molar-refractivity contribution is 0.0205. The second-order valence-electron chi connectivity index (χ2n) is 7.81. The fourth-order valence-electron chi connectivity index (χ4n) is 3.64. The van der Waals surface area contributed by atoms with Gasteiger partial charge in [0.25, 0.3) is 0 Å². The molecule has 132 valence electrons. The van der Waals surface area contributed by atoms with Crippen LogP contribution < -0.4 is 10.6 Å². The van der Waals surface area contributed by atoms with Gasteiger partial charge in [0.1, 0.15) is 5.60 Å². The summed E-state index contributed by atoms with van der Waals surface area (Å²) in [5, 5.41) is 0. The number of likely N-dealkylation sites (tertiary alicyclic amines) is 1. The number of rotatable bonds is 2. The standard InChI is InChI=1S/C19H29N3O2/c1-19(2,3)24-18(23)21-9-7-16(8-10-21)22-11-6-15-5-4-14(13-20)12-17(15)22/h4-5,12,16H,6-11,13,20H2,1-3H3. The van der Waals surface area contributed by atoms with Crippen LogP contribution in [0.2, 0.25) is 0 Å². The minimum absolute atomic E-state index is 0.187. The summed E-state index contributed by atoms with van der Waals surface area (Å²) >= 11 is 0. The number of nitrogens with two attached hydrogens (primary N) is 1. The van der Waals surface area contributed by atoms with Crippen LogP contribution >= 0.6 is 0 Å². The molecule has 2 N–H and O–H groups in total. The minimum Gasteiger partial charge on any atom is -0.444 e. The van der Waals surface area contributed by atoms with Crippen molar-refractivity contribution >= 4 is 11.8 Å². The SMILES string of the molecule is CC(C)(C)OC(=O)N1CCC(N2CCc3ccc(CN)cc32)CC1. The van der Waals surface area contributed by atoms with E-state index >= 15 is 0 Å². The quantitative estimate of drug-likeness (QED) is 0.905. The van der Waals surface area contributed by atoms with Crippen LogP contribution in [0.1, 0.15) is 44.7 Å². The number of fused-ring (bicyclic) bond motifs is 1. The summed E-state index contributed by atoms with van der Waals surface area (Å²) in [6, 6.07) is 7.08. The Morgan fingerprint density at radius 2 is 1.96 bits per heavy atom. The van der Waals surface area contributed by atoms with Crippen LogP contribution in [0.25, 0.3) is 0 Å². The number of carbonyl (C=O) groups is 1. The molecule has 0 spiro atoms. The molecule has 0 saturated carbocycles. The van der Waals surface area contributed by atoms with Gasteiger partial charge in [-0.1, -0.05) is 12.1 Å². The molecule has 5 nitrogen and oxygen atoms in total. The van der Waals surface area contributed by atoms with Gasteiger partial charge < -0.3 is 20.3 Å². The van der Waals surface area contributed by atoms with Gasteiger partial charge in [-0.05, 0) is 57.2 Å². The number of nitrogens with zero attached hydrogens (tertiary/aromatic N) is 2. The van der Waals surface area contributed by atoms with Crippen molar-refractivity contribution in [2.75, 3.05) is 24.5 Å². The molecule has 2 aliphatic rings. The predicted octanol–water partition coefficient (Wildman–Crippen LogP) is 2.91. The third-order valence-corrected chi connectivity index (χ3v) is 4.87. The van der Waals surface area contributed by atoms with E-state index in [0.717, 1.165) is 38.9 Å². The summed E-state index contributed by atoms with van der Waals surface area (Å²) in [5.74, 6) is 0. The van der Waals surface area contributed by atoms with E-state index < -0.39 is 5.60 Å². The molecule has 2 aliphatic heterocycles. The predicted molar refractivity (Wildman–Crippen MR) is 96.2 cm³/mol. The van der Waals surface area contributed by atoms with Crippen LogP contribution in [0.15, 0.2) is 18.2 Å². The maximum absolute atomic E-state index is 12.2. The Labute approximate surface area is 144 Å². The fraction of sp³-hybridized carbons (Fsp3) is 0.632. The lowest BCUT2D eigenvalue weighted by Gasteiger charge is -2.38. The molecule has 0 atom stereocenters. The number of anilines is 1. The summed E-state index contributed by atoms with van der Waals surface area (Å²) in [6.07, 6.45) is 2.90. The fourth-order valence-corrected chi connectivity index (χ4v) is 3.64. The highest BCUT2D eigenvalue weighted by Crippen LogP contribution is 2.33. The number of benzene rings is 1. The molecule has 0 aliphatic carbocycles. The molecule has 0 bridgehead atoms. The summed E-state index contributed by atoms with van der Waals surface area (Å²) in [6.45, 7) is 8.91. The van der Waals surface area contributed by atoms with Crippen LogP contribution in [-0.4, -0.2) is 42.3 Å². The molecule has 1 aromatic rings. The second kappa shape index (κ2) is 6.63. The molecule has 0 aromatic heterocycles. The van der Waals surface area contributed by atoms with E-state index in [-0.39, 0.29) is 6.09 Å². The van der Waals surface area contributed by atoms with Crippen molar-refractivity contribution in [2.45, 2.75) is 58.2 Å². The number of piperidine rings is 1. The number of carbonyl (C=O) groups excluding carboxylic acids is 1. The maximum Gasteiger partial charge on any atom is 0.410 e. The Balaban J connectivity index is 1.62. The summed E-state index contributed by atoms with van der Waals surface area (Å²) in [4.78, 5) is 16.6. The first kappa shape index (κ1) is 17.1. The van der Waals surface area contributed by atoms with Crippen LogP contribution in [0, 0.1) is 0 Å². The minimum atomic E-state index is -0.430. The van der Waals surface area contributed by atoms with E-state index in [2.05, 4.69) is 23.1 Å². The zero-order valence-corrected chi connectivity index (χ0v) is 15.0. The van der Waals surface area contributed by atoms with Crippen molar-refractivity contribution < 1.29 is 9.53 Å². The first-order valence-corrected chi connectivity index (χ1v) is 8.94. The average Bonchev–Trinajstić information content (AvgIpc) is 2.96. The summed E-state index contributed by atoms with van der Waals surface area (Å²) in [5.41, 5.74) is 9.31. The highest BCUT2D eigenvalue weighted by Gasteiger charge is 2.32. The normalized spacial score (nSPS) is 18.7. The Bertz CT molecular complexity index is 601. The van der Waals surface area contributed by atoms with E-state index in [1.54, 1.807) is 0 Å². The van der Waals surface area contributed by atoms with E-state index in [1.165, 1.54) is 16.8 Å². The monoisotopic (exact) mass is 331 g/mol.